The predicted molar refractivity (Wildman–Crippen MR) is 88.2 cm³/mol. The summed E-state index contributed by atoms with van der Waals surface area (Å²) in [7, 11) is 0. The van der Waals surface area contributed by atoms with E-state index in [1.165, 1.54) is 5.56 Å². The molecule has 1 saturated carbocycles. The van der Waals surface area contributed by atoms with Crippen molar-refractivity contribution in [3.8, 4) is 0 Å². The first-order valence-electron chi connectivity index (χ1n) is 7.01. The van der Waals surface area contributed by atoms with Crippen molar-refractivity contribution >= 4 is 32.7 Å². The van der Waals surface area contributed by atoms with Crippen LogP contribution < -0.4 is 5.32 Å². The zero-order chi connectivity index (χ0) is 14.3. The van der Waals surface area contributed by atoms with Crippen molar-refractivity contribution in [1.29, 1.82) is 0 Å². The first-order valence-corrected chi connectivity index (χ1v) is 7.81. The Morgan fingerprint density at radius 1 is 0.952 bits per heavy atom. The molecule has 1 aromatic heterocycles. The summed E-state index contributed by atoms with van der Waals surface area (Å²) in [5.74, 6) is 0.905. The molecule has 104 valence electrons. The van der Waals surface area contributed by atoms with Gasteiger partial charge in [0.15, 0.2) is 0 Å². The van der Waals surface area contributed by atoms with Gasteiger partial charge < -0.3 is 5.32 Å². The third kappa shape index (κ3) is 2.20. The van der Waals surface area contributed by atoms with Crippen LogP contribution >= 0.6 is 15.9 Å². The van der Waals surface area contributed by atoms with E-state index in [0.717, 1.165) is 34.0 Å². The molecule has 21 heavy (non-hydrogen) atoms. The van der Waals surface area contributed by atoms with E-state index in [2.05, 4.69) is 67.6 Å². The number of aromatic nitrogens is 2. The number of rotatable bonds is 3. The lowest BCUT2D eigenvalue weighted by Crippen LogP contribution is -2.19. The van der Waals surface area contributed by atoms with Gasteiger partial charge in [0.25, 0.3) is 0 Å². The number of halogens is 1. The van der Waals surface area contributed by atoms with Gasteiger partial charge in [-0.25, -0.2) is 9.97 Å². The van der Waals surface area contributed by atoms with Gasteiger partial charge in [0, 0.05) is 9.86 Å². The number of nitrogens with zero attached hydrogens (tertiary/aromatic N) is 2. The summed E-state index contributed by atoms with van der Waals surface area (Å²) in [5.41, 5.74) is 2.30. The fourth-order valence-corrected chi connectivity index (χ4v) is 3.21. The van der Waals surface area contributed by atoms with E-state index in [9.17, 15) is 0 Å². The molecule has 0 atom stereocenters. The van der Waals surface area contributed by atoms with Crippen molar-refractivity contribution in [1.82, 2.24) is 9.97 Å². The molecule has 0 aliphatic heterocycles. The van der Waals surface area contributed by atoms with Crippen LogP contribution in [0.15, 0.2) is 59.3 Å². The first-order chi connectivity index (χ1) is 10.3. The van der Waals surface area contributed by atoms with Crippen LogP contribution in [-0.2, 0) is 5.54 Å². The van der Waals surface area contributed by atoms with Crippen molar-refractivity contribution < 1.29 is 0 Å². The van der Waals surface area contributed by atoms with Crippen molar-refractivity contribution in [2.45, 2.75) is 18.4 Å². The number of hydrogen-bond acceptors (Lipinski definition) is 3. The van der Waals surface area contributed by atoms with Crippen LogP contribution in [0, 0.1) is 0 Å². The average Bonchev–Trinajstić information content (AvgIpc) is 3.30. The molecule has 0 saturated heterocycles. The van der Waals surface area contributed by atoms with Gasteiger partial charge in [-0.15, -0.1) is 0 Å². The minimum absolute atomic E-state index is 0.0326. The van der Waals surface area contributed by atoms with Gasteiger partial charge in [-0.3, -0.25) is 0 Å². The van der Waals surface area contributed by atoms with E-state index < -0.39 is 0 Å². The van der Waals surface area contributed by atoms with E-state index >= 15 is 0 Å². The van der Waals surface area contributed by atoms with E-state index in [0.29, 0.717) is 0 Å². The molecule has 1 N–H and O–H groups in total. The Hall–Kier alpha value is -1.94. The molecular formula is C17H14BrN3. The molecule has 0 bridgehead atoms. The molecule has 1 aliphatic carbocycles. The zero-order valence-corrected chi connectivity index (χ0v) is 13.0. The van der Waals surface area contributed by atoms with E-state index in [-0.39, 0.29) is 5.54 Å². The minimum atomic E-state index is 0.0326. The number of fused-ring (bicyclic) bond motifs is 1. The van der Waals surface area contributed by atoms with Crippen molar-refractivity contribution in [2.75, 3.05) is 5.32 Å². The highest BCUT2D eigenvalue weighted by Gasteiger charge is 2.44. The Bertz CT molecular complexity index is 797. The maximum atomic E-state index is 4.46. The third-order valence-corrected chi connectivity index (χ3v) is 4.69. The topological polar surface area (TPSA) is 37.8 Å². The van der Waals surface area contributed by atoms with Crippen LogP contribution in [0.3, 0.4) is 0 Å². The average molecular weight is 340 g/mol. The third-order valence-electron chi connectivity index (χ3n) is 4.05. The van der Waals surface area contributed by atoms with Crippen LogP contribution in [-0.4, -0.2) is 9.97 Å². The largest absolute Gasteiger partial charge is 0.360 e. The molecule has 4 heteroatoms. The quantitative estimate of drug-likeness (QED) is 0.763. The summed E-state index contributed by atoms with van der Waals surface area (Å²) < 4.78 is 0.995. The maximum Gasteiger partial charge on any atom is 0.138 e. The van der Waals surface area contributed by atoms with E-state index in [1.807, 2.05) is 12.1 Å². The molecule has 0 unspecified atom stereocenters. The van der Waals surface area contributed by atoms with Crippen LogP contribution in [0.1, 0.15) is 18.4 Å². The monoisotopic (exact) mass is 339 g/mol. The first kappa shape index (κ1) is 12.8. The van der Waals surface area contributed by atoms with Gasteiger partial charge in [-0.2, -0.15) is 0 Å². The molecular weight excluding hydrogens is 326 g/mol. The highest BCUT2D eigenvalue weighted by Crippen LogP contribution is 2.48. The molecule has 0 amide bonds. The number of benzene rings is 2. The normalized spacial score (nSPS) is 15.9. The van der Waals surface area contributed by atoms with Crippen LogP contribution in [0.2, 0.25) is 0 Å². The second kappa shape index (κ2) is 4.81. The number of anilines is 1. The number of hydrogen-bond donors (Lipinski definition) is 1. The second-order valence-electron chi connectivity index (χ2n) is 5.43. The Kier molecular flexibility index (Phi) is 2.93. The van der Waals surface area contributed by atoms with Crippen molar-refractivity contribution in [2.24, 2.45) is 0 Å². The molecule has 1 aliphatic rings. The van der Waals surface area contributed by atoms with Crippen molar-refractivity contribution in [3.63, 3.8) is 0 Å². The highest BCUT2D eigenvalue weighted by atomic mass is 79.9. The van der Waals surface area contributed by atoms with Crippen molar-refractivity contribution in [3.05, 3.63) is 64.9 Å². The summed E-state index contributed by atoms with van der Waals surface area (Å²) in [5, 5.41) is 4.69. The van der Waals surface area contributed by atoms with Gasteiger partial charge in [0.1, 0.15) is 12.1 Å². The Labute approximate surface area is 131 Å². The van der Waals surface area contributed by atoms with E-state index in [1.54, 1.807) is 6.33 Å². The fourth-order valence-electron chi connectivity index (χ4n) is 2.75. The van der Waals surface area contributed by atoms with Gasteiger partial charge in [-0.1, -0.05) is 36.4 Å². The van der Waals surface area contributed by atoms with Crippen LogP contribution in [0.4, 0.5) is 5.82 Å². The summed E-state index contributed by atoms with van der Waals surface area (Å²) in [6.07, 6.45) is 3.89. The number of para-hydroxylation sites is 1. The van der Waals surface area contributed by atoms with Gasteiger partial charge in [0.2, 0.25) is 0 Å². The lowest BCUT2D eigenvalue weighted by molar-refractivity contribution is 0.802. The van der Waals surface area contributed by atoms with Gasteiger partial charge >= 0.3 is 0 Å². The molecule has 4 rings (SSSR count). The Balaban J connectivity index is 1.77. The fraction of sp³-hybridized carbons (Fsp3) is 0.176. The second-order valence-corrected chi connectivity index (χ2v) is 6.29. The van der Waals surface area contributed by atoms with Gasteiger partial charge in [-0.05, 0) is 46.5 Å². The molecule has 0 spiro atoms. The minimum Gasteiger partial charge on any atom is -0.360 e. The molecule has 3 nitrogen and oxygen atoms in total. The SMILES string of the molecule is Brc1cccc2c(NC3(c4ccccc4)CC3)ncnc12. The van der Waals surface area contributed by atoms with Crippen LogP contribution in [0.5, 0.6) is 0 Å². The maximum absolute atomic E-state index is 4.46. The summed E-state index contributed by atoms with van der Waals surface area (Å²) in [6.45, 7) is 0. The van der Waals surface area contributed by atoms with E-state index in [4.69, 9.17) is 0 Å². The predicted octanol–water partition coefficient (Wildman–Crippen LogP) is 4.49. The molecule has 3 aromatic rings. The summed E-state index contributed by atoms with van der Waals surface area (Å²) in [6, 6.07) is 16.7. The lowest BCUT2D eigenvalue weighted by Gasteiger charge is -2.19. The zero-order valence-electron chi connectivity index (χ0n) is 11.4. The molecule has 2 aromatic carbocycles. The summed E-state index contributed by atoms with van der Waals surface area (Å²) in [4.78, 5) is 8.82. The highest BCUT2D eigenvalue weighted by molar-refractivity contribution is 9.10. The standard InChI is InChI=1S/C17H14BrN3/c18-14-8-4-7-13-15(14)19-11-20-16(13)21-17(9-10-17)12-5-2-1-3-6-12/h1-8,11H,9-10H2,(H,19,20,21). The summed E-state index contributed by atoms with van der Waals surface area (Å²) >= 11 is 3.55. The van der Waals surface area contributed by atoms with Crippen LogP contribution in [0.25, 0.3) is 10.9 Å². The number of nitrogens with one attached hydrogen (secondary N) is 1. The lowest BCUT2D eigenvalue weighted by atomic mass is 10.0. The molecule has 1 fully saturated rings. The Morgan fingerprint density at radius 2 is 1.76 bits per heavy atom. The molecule has 0 radical (unpaired) electrons. The smallest absolute Gasteiger partial charge is 0.138 e. The van der Waals surface area contributed by atoms with Gasteiger partial charge in [0.05, 0.1) is 11.1 Å². The molecule has 1 heterocycles. The Morgan fingerprint density at radius 3 is 2.52 bits per heavy atom.